The van der Waals surface area contributed by atoms with Gasteiger partial charge in [-0.2, -0.15) is 5.26 Å². The fourth-order valence-corrected chi connectivity index (χ4v) is 2.00. The lowest BCUT2D eigenvalue weighted by Crippen LogP contribution is -2.16. The number of benzene rings is 1. The van der Waals surface area contributed by atoms with E-state index in [0.29, 0.717) is 35.8 Å². The molecular formula is C13H10N2O3. The number of nitriles is 1. The molecular weight excluding hydrogens is 232 g/mol. The van der Waals surface area contributed by atoms with E-state index in [1.165, 1.54) is 0 Å². The Kier molecular flexibility index (Phi) is 2.41. The molecule has 1 aliphatic rings. The first kappa shape index (κ1) is 10.7. The van der Waals surface area contributed by atoms with E-state index in [0.717, 1.165) is 5.39 Å². The van der Waals surface area contributed by atoms with Crippen molar-refractivity contribution in [3.8, 4) is 17.6 Å². The number of fused-ring (bicyclic) bond motifs is 2. The molecule has 0 saturated carbocycles. The second-order valence-electron chi connectivity index (χ2n) is 4.04. The number of rotatable bonds is 1. The Bertz CT molecular complexity index is 712. The van der Waals surface area contributed by atoms with E-state index in [1.807, 2.05) is 12.1 Å². The molecule has 1 N–H and O–H groups in total. The standard InChI is InChI=1S/C13H10N2O3/c14-2-1-8-5-9-6-11-12(18-4-3-17-11)7-10(9)15-13(8)16/h5-7H,1,3-4H2,(H,15,16). The molecule has 0 saturated heterocycles. The molecule has 0 aliphatic carbocycles. The average Bonchev–Trinajstić information content (AvgIpc) is 2.38. The van der Waals surface area contributed by atoms with Gasteiger partial charge in [0.25, 0.3) is 5.56 Å². The molecule has 5 heteroatoms. The topological polar surface area (TPSA) is 75.1 Å². The number of nitrogens with zero attached hydrogens (tertiary/aromatic N) is 1. The van der Waals surface area contributed by atoms with Crippen molar-refractivity contribution in [1.82, 2.24) is 4.98 Å². The summed E-state index contributed by atoms with van der Waals surface area (Å²) in [4.78, 5) is 14.5. The van der Waals surface area contributed by atoms with Gasteiger partial charge in [-0.3, -0.25) is 4.79 Å². The maximum Gasteiger partial charge on any atom is 0.252 e. The second-order valence-corrected chi connectivity index (χ2v) is 4.04. The zero-order chi connectivity index (χ0) is 12.5. The Morgan fingerprint density at radius 2 is 1.94 bits per heavy atom. The number of pyridine rings is 1. The van der Waals surface area contributed by atoms with Gasteiger partial charge in [0.2, 0.25) is 0 Å². The van der Waals surface area contributed by atoms with Crippen LogP contribution < -0.4 is 15.0 Å². The number of nitrogens with one attached hydrogen (secondary N) is 1. The number of aromatic amines is 1. The summed E-state index contributed by atoms with van der Waals surface area (Å²) >= 11 is 0. The van der Waals surface area contributed by atoms with Crippen LogP contribution in [0.5, 0.6) is 11.5 Å². The van der Waals surface area contributed by atoms with Gasteiger partial charge in [-0.1, -0.05) is 0 Å². The van der Waals surface area contributed by atoms with Gasteiger partial charge in [0.15, 0.2) is 11.5 Å². The summed E-state index contributed by atoms with van der Waals surface area (Å²) in [7, 11) is 0. The fraction of sp³-hybridized carbons (Fsp3) is 0.231. The third-order valence-corrected chi connectivity index (χ3v) is 2.85. The number of hydrogen-bond acceptors (Lipinski definition) is 4. The zero-order valence-corrected chi connectivity index (χ0v) is 9.53. The predicted octanol–water partition coefficient (Wildman–Crippen LogP) is 1.37. The van der Waals surface area contributed by atoms with Crippen molar-refractivity contribution >= 4 is 10.9 Å². The van der Waals surface area contributed by atoms with Crippen LogP contribution >= 0.6 is 0 Å². The van der Waals surface area contributed by atoms with Crippen LogP contribution in [0.25, 0.3) is 10.9 Å². The minimum atomic E-state index is -0.235. The first-order valence-corrected chi connectivity index (χ1v) is 5.60. The van der Waals surface area contributed by atoms with Crippen molar-refractivity contribution in [3.63, 3.8) is 0 Å². The average molecular weight is 242 g/mol. The molecule has 0 fully saturated rings. The highest BCUT2D eigenvalue weighted by atomic mass is 16.6. The van der Waals surface area contributed by atoms with Crippen LogP contribution in [0.15, 0.2) is 23.0 Å². The van der Waals surface area contributed by atoms with Gasteiger partial charge in [-0.25, -0.2) is 0 Å². The molecule has 2 heterocycles. The SMILES string of the molecule is N#CCc1cc2cc3c(cc2[nH]c1=O)OCCO3. The highest BCUT2D eigenvalue weighted by Gasteiger charge is 2.13. The highest BCUT2D eigenvalue weighted by molar-refractivity contribution is 5.83. The van der Waals surface area contributed by atoms with Gasteiger partial charge in [-0.15, -0.1) is 0 Å². The largest absolute Gasteiger partial charge is 0.486 e. The minimum Gasteiger partial charge on any atom is -0.486 e. The summed E-state index contributed by atoms with van der Waals surface area (Å²) in [6.45, 7) is 1.03. The lowest BCUT2D eigenvalue weighted by atomic mass is 10.1. The van der Waals surface area contributed by atoms with Crippen LogP contribution in [0.2, 0.25) is 0 Å². The zero-order valence-electron chi connectivity index (χ0n) is 9.53. The molecule has 5 nitrogen and oxygen atoms in total. The number of H-pyrrole nitrogens is 1. The monoisotopic (exact) mass is 242 g/mol. The van der Waals surface area contributed by atoms with E-state index in [1.54, 1.807) is 12.1 Å². The molecule has 0 atom stereocenters. The summed E-state index contributed by atoms with van der Waals surface area (Å²) in [6.07, 6.45) is 0.0969. The molecule has 1 aliphatic heterocycles. The molecule has 0 unspecified atom stereocenters. The number of aromatic nitrogens is 1. The molecule has 1 aromatic carbocycles. The van der Waals surface area contributed by atoms with Gasteiger partial charge in [0.1, 0.15) is 13.2 Å². The van der Waals surface area contributed by atoms with Gasteiger partial charge in [0.05, 0.1) is 18.0 Å². The van der Waals surface area contributed by atoms with Crippen LogP contribution in [-0.4, -0.2) is 18.2 Å². The second kappa shape index (κ2) is 4.08. The van der Waals surface area contributed by atoms with Gasteiger partial charge in [0, 0.05) is 17.0 Å². The molecule has 18 heavy (non-hydrogen) atoms. The van der Waals surface area contributed by atoms with Crippen LogP contribution in [0, 0.1) is 11.3 Å². The third-order valence-electron chi connectivity index (χ3n) is 2.85. The molecule has 0 spiro atoms. The summed E-state index contributed by atoms with van der Waals surface area (Å²) in [6, 6.07) is 7.27. The van der Waals surface area contributed by atoms with Gasteiger partial charge >= 0.3 is 0 Å². The van der Waals surface area contributed by atoms with Crippen molar-refractivity contribution in [2.24, 2.45) is 0 Å². The Morgan fingerprint density at radius 3 is 2.67 bits per heavy atom. The Labute approximate surface area is 103 Å². The molecule has 0 radical (unpaired) electrons. The summed E-state index contributed by atoms with van der Waals surface area (Å²) in [5.41, 5.74) is 0.911. The maximum absolute atomic E-state index is 11.7. The van der Waals surface area contributed by atoms with E-state index in [2.05, 4.69) is 4.98 Å². The lowest BCUT2D eigenvalue weighted by molar-refractivity contribution is 0.172. The Morgan fingerprint density at radius 1 is 1.22 bits per heavy atom. The molecule has 0 amide bonds. The first-order valence-electron chi connectivity index (χ1n) is 5.60. The van der Waals surface area contributed by atoms with Crippen LogP contribution in [0.4, 0.5) is 0 Å². The fourth-order valence-electron chi connectivity index (χ4n) is 2.00. The number of ether oxygens (including phenoxy) is 2. The summed E-state index contributed by atoms with van der Waals surface area (Å²) in [5.74, 6) is 1.31. The van der Waals surface area contributed by atoms with Crippen molar-refractivity contribution < 1.29 is 9.47 Å². The normalized spacial score (nSPS) is 13.3. The van der Waals surface area contributed by atoms with Crippen molar-refractivity contribution in [2.45, 2.75) is 6.42 Å². The van der Waals surface area contributed by atoms with Gasteiger partial charge < -0.3 is 14.5 Å². The highest BCUT2D eigenvalue weighted by Crippen LogP contribution is 2.33. The van der Waals surface area contributed by atoms with E-state index in [-0.39, 0.29) is 12.0 Å². The van der Waals surface area contributed by atoms with Crippen LogP contribution in [-0.2, 0) is 6.42 Å². The molecule has 90 valence electrons. The van der Waals surface area contributed by atoms with E-state index in [9.17, 15) is 4.79 Å². The van der Waals surface area contributed by atoms with Crippen LogP contribution in [0.3, 0.4) is 0 Å². The lowest BCUT2D eigenvalue weighted by Gasteiger charge is -2.18. The predicted molar refractivity (Wildman–Crippen MR) is 64.9 cm³/mol. The Balaban J connectivity index is 2.22. The summed E-state index contributed by atoms with van der Waals surface area (Å²) < 4.78 is 10.9. The quantitative estimate of drug-likeness (QED) is 0.819. The third kappa shape index (κ3) is 1.68. The smallest absolute Gasteiger partial charge is 0.252 e. The minimum absolute atomic E-state index is 0.0969. The molecule has 0 bridgehead atoms. The Hall–Kier alpha value is -2.48. The first-order chi connectivity index (χ1) is 8.78. The van der Waals surface area contributed by atoms with Gasteiger partial charge in [-0.05, 0) is 12.1 Å². The van der Waals surface area contributed by atoms with E-state index < -0.39 is 0 Å². The van der Waals surface area contributed by atoms with E-state index >= 15 is 0 Å². The maximum atomic E-state index is 11.7. The molecule has 1 aromatic heterocycles. The molecule has 3 rings (SSSR count). The van der Waals surface area contributed by atoms with Crippen molar-refractivity contribution in [3.05, 3.63) is 34.1 Å². The van der Waals surface area contributed by atoms with Crippen molar-refractivity contribution in [1.29, 1.82) is 5.26 Å². The molecule has 2 aromatic rings. The van der Waals surface area contributed by atoms with E-state index in [4.69, 9.17) is 14.7 Å². The van der Waals surface area contributed by atoms with Crippen molar-refractivity contribution in [2.75, 3.05) is 13.2 Å². The number of hydrogen-bond donors (Lipinski definition) is 1. The summed E-state index contributed by atoms with van der Waals surface area (Å²) in [5, 5.41) is 9.50. The van der Waals surface area contributed by atoms with Crippen LogP contribution in [0.1, 0.15) is 5.56 Å².